The third-order valence-corrected chi connectivity index (χ3v) is 2.35. The van der Waals surface area contributed by atoms with E-state index >= 15 is 0 Å². The van der Waals surface area contributed by atoms with Gasteiger partial charge in [-0.1, -0.05) is 17.3 Å². The van der Waals surface area contributed by atoms with Crippen LogP contribution < -0.4 is 0 Å². The van der Waals surface area contributed by atoms with Crippen LogP contribution in [-0.2, 0) is 11.3 Å². The van der Waals surface area contributed by atoms with Crippen molar-refractivity contribution in [3.8, 4) is 5.75 Å². The predicted octanol–water partition coefficient (Wildman–Crippen LogP) is 1.75. The number of benzene rings is 1. The minimum Gasteiger partial charge on any atom is -0.507 e. The van der Waals surface area contributed by atoms with Gasteiger partial charge in [0.1, 0.15) is 11.3 Å². The number of carbonyl (C=O) groups excluding carboxylic acids is 1. The van der Waals surface area contributed by atoms with Crippen molar-refractivity contribution in [2.24, 2.45) is 0 Å². The normalized spacial score (nSPS) is 10.3. The summed E-state index contributed by atoms with van der Waals surface area (Å²) in [5.74, 6) is -0.0243. The first kappa shape index (κ1) is 12.1. The van der Waals surface area contributed by atoms with Gasteiger partial charge in [-0.15, -0.1) is 0 Å². The second-order valence-corrected chi connectivity index (χ2v) is 3.78. The quantitative estimate of drug-likeness (QED) is 0.833. The Kier molecular flexibility index (Phi) is 3.27. The fourth-order valence-corrected chi connectivity index (χ4v) is 1.43. The molecule has 0 radical (unpaired) electrons. The van der Waals surface area contributed by atoms with E-state index in [1.807, 2.05) is 0 Å². The smallest absolute Gasteiger partial charge is 0.342 e. The van der Waals surface area contributed by atoms with E-state index in [2.05, 4.69) is 10.1 Å². The van der Waals surface area contributed by atoms with Crippen molar-refractivity contribution in [2.45, 2.75) is 20.5 Å². The standard InChI is InChI=1S/C12H12N2O4/c1-7-4-3-5-9(11(7)15)12(16)17-6-10-13-8(2)14-18-10/h3-5,15H,6H2,1-2H3. The molecule has 0 aliphatic carbocycles. The van der Waals surface area contributed by atoms with E-state index in [1.165, 1.54) is 6.07 Å². The maximum Gasteiger partial charge on any atom is 0.342 e. The van der Waals surface area contributed by atoms with Crippen LogP contribution in [0.1, 0.15) is 27.6 Å². The van der Waals surface area contributed by atoms with E-state index in [0.29, 0.717) is 11.4 Å². The number of aromatic nitrogens is 2. The highest BCUT2D eigenvalue weighted by atomic mass is 16.6. The van der Waals surface area contributed by atoms with Crippen molar-refractivity contribution in [1.29, 1.82) is 0 Å². The summed E-state index contributed by atoms with van der Waals surface area (Å²) in [6.07, 6.45) is 0. The molecule has 18 heavy (non-hydrogen) atoms. The predicted molar refractivity (Wildman–Crippen MR) is 61.0 cm³/mol. The number of nitrogens with zero attached hydrogens (tertiary/aromatic N) is 2. The van der Waals surface area contributed by atoms with Crippen molar-refractivity contribution >= 4 is 5.97 Å². The molecule has 0 aliphatic heterocycles. The van der Waals surface area contributed by atoms with Gasteiger partial charge in [-0.05, 0) is 25.5 Å². The third kappa shape index (κ3) is 2.48. The zero-order valence-electron chi connectivity index (χ0n) is 10.0. The molecule has 1 heterocycles. The van der Waals surface area contributed by atoms with Crippen molar-refractivity contribution in [1.82, 2.24) is 10.1 Å². The number of esters is 1. The van der Waals surface area contributed by atoms with Crippen LogP contribution in [0.4, 0.5) is 0 Å². The van der Waals surface area contributed by atoms with Crippen LogP contribution in [0.3, 0.4) is 0 Å². The SMILES string of the molecule is Cc1noc(COC(=O)c2cccc(C)c2O)n1. The summed E-state index contributed by atoms with van der Waals surface area (Å²) in [4.78, 5) is 15.6. The maximum absolute atomic E-state index is 11.7. The Morgan fingerprint density at radius 2 is 2.22 bits per heavy atom. The van der Waals surface area contributed by atoms with Crippen LogP contribution >= 0.6 is 0 Å². The first-order valence-electron chi connectivity index (χ1n) is 5.33. The lowest BCUT2D eigenvalue weighted by Gasteiger charge is -2.05. The number of rotatable bonds is 3. The Labute approximate surface area is 103 Å². The average molecular weight is 248 g/mol. The van der Waals surface area contributed by atoms with E-state index in [4.69, 9.17) is 9.26 Å². The number of carbonyl (C=O) groups is 1. The van der Waals surface area contributed by atoms with Crippen LogP contribution in [0.25, 0.3) is 0 Å². The molecule has 94 valence electrons. The van der Waals surface area contributed by atoms with Gasteiger partial charge in [-0.3, -0.25) is 0 Å². The Morgan fingerprint density at radius 3 is 2.89 bits per heavy atom. The first-order valence-corrected chi connectivity index (χ1v) is 5.33. The van der Waals surface area contributed by atoms with Gasteiger partial charge in [-0.2, -0.15) is 4.98 Å². The van der Waals surface area contributed by atoms with Gasteiger partial charge in [-0.25, -0.2) is 4.79 Å². The van der Waals surface area contributed by atoms with E-state index < -0.39 is 5.97 Å². The fraction of sp³-hybridized carbons (Fsp3) is 0.250. The highest BCUT2D eigenvalue weighted by Gasteiger charge is 2.15. The molecule has 0 unspecified atom stereocenters. The van der Waals surface area contributed by atoms with Gasteiger partial charge < -0.3 is 14.4 Å². The molecule has 0 amide bonds. The highest BCUT2D eigenvalue weighted by molar-refractivity contribution is 5.92. The van der Waals surface area contributed by atoms with E-state index in [1.54, 1.807) is 26.0 Å². The summed E-state index contributed by atoms with van der Waals surface area (Å²) >= 11 is 0. The average Bonchev–Trinajstić information content (AvgIpc) is 2.76. The summed E-state index contributed by atoms with van der Waals surface area (Å²) in [5, 5.41) is 13.3. The van der Waals surface area contributed by atoms with Gasteiger partial charge in [0.25, 0.3) is 5.89 Å². The molecule has 0 saturated heterocycles. The molecule has 1 N–H and O–H groups in total. The first-order chi connectivity index (χ1) is 8.58. The summed E-state index contributed by atoms with van der Waals surface area (Å²) in [5.41, 5.74) is 0.726. The van der Waals surface area contributed by atoms with Crippen LogP contribution in [0.15, 0.2) is 22.7 Å². The number of para-hydroxylation sites is 1. The number of aromatic hydroxyl groups is 1. The molecule has 2 rings (SSSR count). The van der Waals surface area contributed by atoms with E-state index in [9.17, 15) is 9.90 Å². The third-order valence-electron chi connectivity index (χ3n) is 2.35. The number of hydrogen-bond acceptors (Lipinski definition) is 6. The van der Waals surface area contributed by atoms with E-state index in [0.717, 1.165) is 0 Å². The monoisotopic (exact) mass is 248 g/mol. The van der Waals surface area contributed by atoms with Crippen LogP contribution in [0, 0.1) is 13.8 Å². The van der Waals surface area contributed by atoms with Crippen LogP contribution in [-0.4, -0.2) is 21.2 Å². The summed E-state index contributed by atoms with van der Waals surface area (Å²) in [6.45, 7) is 3.25. The molecule has 0 saturated carbocycles. The maximum atomic E-state index is 11.7. The summed E-state index contributed by atoms with van der Waals surface area (Å²) in [6, 6.07) is 4.86. The Morgan fingerprint density at radius 1 is 1.44 bits per heavy atom. The molecular weight excluding hydrogens is 236 g/mol. The minimum absolute atomic E-state index is 0.0794. The summed E-state index contributed by atoms with van der Waals surface area (Å²) < 4.78 is 9.77. The molecule has 6 heteroatoms. The van der Waals surface area contributed by atoms with Gasteiger partial charge in [0.15, 0.2) is 12.4 Å². The van der Waals surface area contributed by atoms with Crippen molar-refractivity contribution < 1.29 is 19.2 Å². The zero-order valence-corrected chi connectivity index (χ0v) is 10.0. The second-order valence-electron chi connectivity index (χ2n) is 3.78. The Bertz CT molecular complexity index is 577. The Balaban J connectivity index is 2.06. The van der Waals surface area contributed by atoms with E-state index in [-0.39, 0.29) is 23.8 Å². The molecule has 0 spiro atoms. The number of phenolic OH excluding ortho intramolecular Hbond substituents is 1. The minimum atomic E-state index is -0.632. The van der Waals surface area contributed by atoms with Crippen molar-refractivity contribution in [2.75, 3.05) is 0 Å². The second kappa shape index (κ2) is 4.87. The molecule has 0 bridgehead atoms. The molecule has 0 atom stereocenters. The van der Waals surface area contributed by atoms with Crippen LogP contribution in [0.2, 0.25) is 0 Å². The van der Waals surface area contributed by atoms with Gasteiger partial charge in [0.2, 0.25) is 0 Å². The van der Waals surface area contributed by atoms with Crippen molar-refractivity contribution in [3.05, 3.63) is 41.0 Å². The zero-order chi connectivity index (χ0) is 13.1. The summed E-state index contributed by atoms with van der Waals surface area (Å²) in [7, 11) is 0. The van der Waals surface area contributed by atoms with Crippen molar-refractivity contribution in [3.63, 3.8) is 0 Å². The molecule has 0 fully saturated rings. The lowest BCUT2D eigenvalue weighted by molar-refractivity contribution is 0.0426. The highest BCUT2D eigenvalue weighted by Crippen LogP contribution is 2.22. The molecule has 1 aromatic heterocycles. The van der Waals surface area contributed by atoms with Gasteiger partial charge in [0.05, 0.1) is 0 Å². The van der Waals surface area contributed by atoms with Gasteiger partial charge in [0, 0.05) is 0 Å². The lowest BCUT2D eigenvalue weighted by atomic mass is 10.1. The number of phenols is 1. The Hall–Kier alpha value is -2.37. The molecular formula is C12H12N2O4. The largest absolute Gasteiger partial charge is 0.507 e. The van der Waals surface area contributed by atoms with Gasteiger partial charge >= 0.3 is 5.97 Å². The molecule has 1 aromatic carbocycles. The molecule has 0 aliphatic rings. The number of aryl methyl sites for hydroxylation is 2. The number of ether oxygens (including phenoxy) is 1. The topological polar surface area (TPSA) is 85.5 Å². The molecule has 2 aromatic rings. The molecule has 6 nitrogen and oxygen atoms in total. The number of hydrogen-bond donors (Lipinski definition) is 1. The van der Waals surface area contributed by atoms with Crippen LogP contribution in [0.5, 0.6) is 5.75 Å². The lowest BCUT2D eigenvalue weighted by Crippen LogP contribution is -2.06. The fourth-order valence-electron chi connectivity index (χ4n) is 1.43.